The second-order valence-electron chi connectivity index (χ2n) is 4.10. The van der Waals surface area contributed by atoms with Gasteiger partial charge in [-0.3, -0.25) is 4.98 Å². The predicted molar refractivity (Wildman–Crippen MR) is 69.5 cm³/mol. The molecule has 3 aromatic rings. The molecule has 0 aliphatic rings. The van der Waals surface area contributed by atoms with Crippen LogP contribution in [-0.2, 0) is 0 Å². The van der Waals surface area contributed by atoms with Gasteiger partial charge in [-0.2, -0.15) is 0 Å². The number of hydrogen-bond acceptors (Lipinski definition) is 3. The molecule has 0 spiro atoms. The first kappa shape index (κ1) is 12.1. The van der Waals surface area contributed by atoms with Crippen LogP contribution in [0.2, 0.25) is 5.02 Å². The van der Waals surface area contributed by atoms with Crippen molar-refractivity contribution in [3.05, 3.63) is 64.9 Å². The number of rotatable bonds is 2. The normalized spacial score (nSPS) is 12.8. The average molecular weight is 278 g/mol. The third-order valence-corrected chi connectivity index (χ3v) is 3.13. The molecule has 1 unspecified atom stereocenters. The van der Waals surface area contributed by atoms with Gasteiger partial charge in [0.25, 0.3) is 0 Å². The molecule has 0 bridgehead atoms. The molecule has 0 radical (unpaired) electrons. The minimum atomic E-state index is -1.08. The van der Waals surface area contributed by atoms with Gasteiger partial charge in [0.15, 0.2) is 6.10 Å². The fraction of sp³-hybridized carbons (Fsp3) is 0.0714. The zero-order valence-electron chi connectivity index (χ0n) is 9.68. The summed E-state index contributed by atoms with van der Waals surface area (Å²) in [6.07, 6.45) is 0.455. The van der Waals surface area contributed by atoms with Gasteiger partial charge in [0.2, 0.25) is 0 Å². The summed E-state index contributed by atoms with van der Waals surface area (Å²) >= 11 is 5.97. The number of aliphatic hydroxyl groups excluding tert-OH is 1. The largest absolute Gasteiger partial charge is 0.458 e. The van der Waals surface area contributed by atoms with E-state index >= 15 is 0 Å². The van der Waals surface area contributed by atoms with Crippen molar-refractivity contribution in [3.8, 4) is 0 Å². The van der Waals surface area contributed by atoms with E-state index in [1.54, 1.807) is 18.2 Å². The van der Waals surface area contributed by atoms with Crippen LogP contribution in [0.25, 0.3) is 11.0 Å². The molecule has 2 aromatic heterocycles. The molecular weight excluding hydrogens is 269 g/mol. The number of furan rings is 1. The van der Waals surface area contributed by atoms with E-state index < -0.39 is 6.10 Å². The molecule has 96 valence electrons. The molecule has 3 nitrogen and oxygen atoms in total. The van der Waals surface area contributed by atoms with E-state index in [0.717, 1.165) is 0 Å². The highest BCUT2D eigenvalue weighted by Gasteiger charge is 2.19. The summed E-state index contributed by atoms with van der Waals surface area (Å²) in [7, 11) is 0. The number of aromatic nitrogens is 1. The third-order valence-electron chi connectivity index (χ3n) is 2.81. The van der Waals surface area contributed by atoms with E-state index in [-0.39, 0.29) is 11.6 Å². The van der Waals surface area contributed by atoms with Crippen molar-refractivity contribution >= 4 is 22.6 Å². The molecule has 2 heterocycles. The Morgan fingerprint density at radius 2 is 2.11 bits per heavy atom. The second kappa shape index (κ2) is 4.64. The minimum absolute atomic E-state index is 0.279. The minimum Gasteiger partial charge on any atom is -0.458 e. The van der Waals surface area contributed by atoms with Crippen LogP contribution in [0.5, 0.6) is 0 Å². The number of fused-ring (bicyclic) bond motifs is 1. The molecule has 1 N–H and O–H groups in total. The lowest BCUT2D eigenvalue weighted by atomic mass is 10.1. The Hall–Kier alpha value is -1.91. The van der Waals surface area contributed by atoms with Gasteiger partial charge in [-0.05, 0) is 36.4 Å². The summed E-state index contributed by atoms with van der Waals surface area (Å²) in [5.74, 6) is -0.0774. The summed E-state index contributed by atoms with van der Waals surface area (Å²) in [6, 6.07) is 9.04. The van der Waals surface area contributed by atoms with Crippen LogP contribution in [0, 0.1) is 5.82 Å². The quantitative estimate of drug-likeness (QED) is 0.777. The average Bonchev–Trinajstić information content (AvgIpc) is 2.81. The van der Waals surface area contributed by atoms with Crippen molar-refractivity contribution in [2.24, 2.45) is 0 Å². The molecular formula is C14H9ClFNO2. The van der Waals surface area contributed by atoms with Crippen molar-refractivity contribution in [1.82, 2.24) is 4.98 Å². The highest BCUT2D eigenvalue weighted by atomic mass is 35.5. The van der Waals surface area contributed by atoms with E-state index in [2.05, 4.69) is 4.98 Å². The molecule has 0 saturated heterocycles. The van der Waals surface area contributed by atoms with Gasteiger partial charge < -0.3 is 9.52 Å². The first-order chi connectivity index (χ1) is 9.15. The van der Waals surface area contributed by atoms with Gasteiger partial charge >= 0.3 is 0 Å². The predicted octanol–water partition coefficient (Wildman–Crippen LogP) is 3.70. The molecule has 0 aliphatic carbocycles. The second-order valence-corrected chi connectivity index (χ2v) is 4.51. The van der Waals surface area contributed by atoms with Crippen LogP contribution in [0.1, 0.15) is 17.6 Å². The van der Waals surface area contributed by atoms with Crippen LogP contribution in [0.3, 0.4) is 0 Å². The number of pyridine rings is 1. The van der Waals surface area contributed by atoms with Gasteiger partial charge in [-0.25, -0.2) is 4.39 Å². The standard InChI is InChI=1S/C14H9ClFNO2/c15-10-2-1-5-17-13(10)14(18)12-7-8-6-9(16)3-4-11(8)19-12/h1-7,14,18H. The number of aliphatic hydroxyl groups is 1. The number of hydrogen-bond donors (Lipinski definition) is 1. The molecule has 0 aliphatic heterocycles. The lowest BCUT2D eigenvalue weighted by molar-refractivity contribution is 0.188. The first-order valence-corrected chi connectivity index (χ1v) is 6.00. The Morgan fingerprint density at radius 3 is 2.89 bits per heavy atom. The number of nitrogens with zero attached hydrogens (tertiary/aromatic N) is 1. The monoisotopic (exact) mass is 277 g/mol. The highest BCUT2D eigenvalue weighted by Crippen LogP contribution is 2.30. The van der Waals surface area contributed by atoms with Gasteiger partial charge in [0.1, 0.15) is 17.2 Å². The van der Waals surface area contributed by atoms with Crippen molar-refractivity contribution in [3.63, 3.8) is 0 Å². The molecule has 5 heteroatoms. The van der Waals surface area contributed by atoms with Gasteiger partial charge in [-0.15, -0.1) is 0 Å². The van der Waals surface area contributed by atoms with E-state index in [9.17, 15) is 9.50 Å². The van der Waals surface area contributed by atoms with Gasteiger partial charge in [0.05, 0.1) is 10.7 Å². The fourth-order valence-electron chi connectivity index (χ4n) is 1.90. The smallest absolute Gasteiger partial charge is 0.155 e. The summed E-state index contributed by atoms with van der Waals surface area (Å²) in [5, 5.41) is 11.1. The Balaban J connectivity index is 2.07. The van der Waals surface area contributed by atoms with E-state index in [0.29, 0.717) is 21.7 Å². The van der Waals surface area contributed by atoms with Crippen molar-refractivity contribution in [2.75, 3.05) is 0 Å². The van der Waals surface area contributed by atoms with E-state index in [1.807, 2.05) is 0 Å². The van der Waals surface area contributed by atoms with Crippen LogP contribution in [0.15, 0.2) is 47.0 Å². The maximum atomic E-state index is 13.1. The summed E-state index contributed by atoms with van der Waals surface area (Å²) in [6.45, 7) is 0. The molecule has 0 fully saturated rings. The molecule has 0 saturated carbocycles. The summed E-state index contributed by atoms with van der Waals surface area (Å²) in [5.41, 5.74) is 0.811. The fourth-order valence-corrected chi connectivity index (χ4v) is 2.13. The molecule has 0 amide bonds. The van der Waals surface area contributed by atoms with E-state index in [1.165, 1.54) is 24.4 Å². The summed E-state index contributed by atoms with van der Waals surface area (Å²) in [4.78, 5) is 4.03. The summed E-state index contributed by atoms with van der Waals surface area (Å²) < 4.78 is 18.6. The molecule has 3 rings (SSSR count). The maximum Gasteiger partial charge on any atom is 0.155 e. The number of halogens is 2. The Labute approximate surface area is 113 Å². The third kappa shape index (κ3) is 2.20. The molecule has 1 aromatic carbocycles. The van der Waals surface area contributed by atoms with Crippen molar-refractivity contribution < 1.29 is 13.9 Å². The van der Waals surface area contributed by atoms with Crippen LogP contribution in [-0.4, -0.2) is 10.1 Å². The maximum absolute atomic E-state index is 13.1. The first-order valence-electron chi connectivity index (χ1n) is 5.62. The molecule has 19 heavy (non-hydrogen) atoms. The topological polar surface area (TPSA) is 46.3 Å². The van der Waals surface area contributed by atoms with Crippen LogP contribution in [0.4, 0.5) is 4.39 Å². The Bertz CT molecular complexity index is 741. The van der Waals surface area contributed by atoms with E-state index in [4.69, 9.17) is 16.0 Å². The van der Waals surface area contributed by atoms with Crippen molar-refractivity contribution in [1.29, 1.82) is 0 Å². The Kier molecular flexibility index (Phi) is 2.97. The lowest BCUT2D eigenvalue weighted by Gasteiger charge is -2.08. The highest BCUT2D eigenvalue weighted by molar-refractivity contribution is 6.31. The number of benzene rings is 1. The van der Waals surface area contributed by atoms with Crippen LogP contribution < -0.4 is 0 Å². The molecule has 1 atom stereocenters. The zero-order valence-corrected chi connectivity index (χ0v) is 10.4. The van der Waals surface area contributed by atoms with Gasteiger partial charge in [0, 0.05) is 11.6 Å². The lowest BCUT2D eigenvalue weighted by Crippen LogP contribution is -2.01. The SMILES string of the molecule is OC(c1cc2cc(F)ccc2o1)c1ncccc1Cl. The van der Waals surface area contributed by atoms with Crippen molar-refractivity contribution in [2.45, 2.75) is 6.10 Å². The van der Waals surface area contributed by atoms with Gasteiger partial charge in [-0.1, -0.05) is 11.6 Å². The zero-order chi connectivity index (χ0) is 13.4. The van der Waals surface area contributed by atoms with Crippen LogP contribution >= 0.6 is 11.6 Å². The Morgan fingerprint density at radius 1 is 1.26 bits per heavy atom.